The van der Waals surface area contributed by atoms with E-state index in [1.807, 2.05) is 19.1 Å². The van der Waals surface area contributed by atoms with Crippen LogP contribution in [-0.4, -0.2) is 36.9 Å². The highest BCUT2D eigenvalue weighted by Crippen LogP contribution is 2.08. The van der Waals surface area contributed by atoms with Crippen LogP contribution in [0.3, 0.4) is 0 Å². The van der Waals surface area contributed by atoms with Crippen LogP contribution in [0, 0.1) is 0 Å². The minimum atomic E-state index is -0.183. The quantitative estimate of drug-likeness (QED) is 0.606. The molecule has 0 aliphatic rings. The Balaban J connectivity index is 2.72. The van der Waals surface area contributed by atoms with Crippen molar-refractivity contribution in [3.8, 4) is 0 Å². The van der Waals surface area contributed by atoms with Crippen LogP contribution in [0.4, 0.5) is 5.69 Å². The number of carbonyl (C=O) groups excluding carboxylic acids is 2. The van der Waals surface area contributed by atoms with Crippen molar-refractivity contribution >= 4 is 23.6 Å². The standard InChI is InChI=1S/C15H21N3O2/c1-3-9-18(11-14(19)17-2)15(20)8-7-12-5-4-6-13(16)10-12/h4-8,10H,3,9,11,16H2,1-2H3,(H,17,19)/b8-7+. The van der Waals surface area contributed by atoms with Crippen molar-refractivity contribution in [2.75, 3.05) is 25.9 Å². The Morgan fingerprint density at radius 2 is 2.15 bits per heavy atom. The highest BCUT2D eigenvalue weighted by atomic mass is 16.2. The molecule has 2 amide bonds. The van der Waals surface area contributed by atoms with Gasteiger partial charge in [-0.15, -0.1) is 0 Å². The number of hydrogen-bond donors (Lipinski definition) is 2. The Labute approximate surface area is 119 Å². The second kappa shape index (κ2) is 7.99. The van der Waals surface area contributed by atoms with Gasteiger partial charge in [-0.05, 0) is 30.2 Å². The summed E-state index contributed by atoms with van der Waals surface area (Å²) in [5, 5.41) is 2.52. The van der Waals surface area contributed by atoms with Crippen LogP contribution in [0.15, 0.2) is 30.3 Å². The molecular formula is C15H21N3O2. The van der Waals surface area contributed by atoms with Crippen LogP contribution in [-0.2, 0) is 9.59 Å². The van der Waals surface area contributed by atoms with Crippen molar-refractivity contribution in [1.29, 1.82) is 0 Å². The van der Waals surface area contributed by atoms with E-state index in [1.165, 1.54) is 11.0 Å². The van der Waals surface area contributed by atoms with Gasteiger partial charge in [-0.3, -0.25) is 9.59 Å². The molecule has 0 aliphatic heterocycles. The van der Waals surface area contributed by atoms with Gasteiger partial charge in [0.1, 0.15) is 0 Å². The number of likely N-dealkylation sites (N-methyl/N-ethyl adjacent to an activating group) is 1. The smallest absolute Gasteiger partial charge is 0.247 e. The number of nitrogens with two attached hydrogens (primary N) is 1. The summed E-state index contributed by atoms with van der Waals surface area (Å²) < 4.78 is 0. The number of rotatable bonds is 6. The number of nitrogens with zero attached hydrogens (tertiary/aromatic N) is 1. The minimum absolute atomic E-state index is 0.0739. The molecule has 0 saturated carbocycles. The van der Waals surface area contributed by atoms with Gasteiger partial charge >= 0.3 is 0 Å². The average Bonchev–Trinajstić information content (AvgIpc) is 2.44. The summed E-state index contributed by atoms with van der Waals surface area (Å²) >= 11 is 0. The summed E-state index contributed by atoms with van der Waals surface area (Å²) in [6.07, 6.45) is 3.97. The Bertz CT molecular complexity index is 498. The number of benzene rings is 1. The maximum atomic E-state index is 12.1. The molecule has 5 heteroatoms. The van der Waals surface area contributed by atoms with E-state index in [2.05, 4.69) is 5.32 Å². The number of nitrogen functional groups attached to an aromatic ring is 1. The van der Waals surface area contributed by atoms with Crippen molar-refractivity contribution in [3.63, 3.8) is 0 Å². The van der Waals surface area contributed by atoms with Gasteiger partial charge in [-0.25, -0.2) is 0 Å². The highest BCUT2D eigenvalue weighted by Gasteiger charge is 2.12. The maximum Gasteiger partial charge on any atom is 0.247 e. The largest absolute Gasteiger partial charge is 0.399 e. The van der Waals surface area contributed by atoms with Gasteiger partial charge in [0, 0.05) is 25.4 Å². The number of amides is 2. The van der Waals surface area contributed by atoms with E-state index >= 15 is 0 Å². The summed E-state index contributed by atoms with van der Waals surface area (Å²) in [5.41, 5.74) is 7.18. The second-order valence-electron chi connectivity index (χ2n) is 4.44. The first-order valence-corrected chi connectivity index (χ1v) is 6.60. The predicted molar refractivity (Wildman–Crippen MR) is 80.8 cm³/mol. The van der Waals surface area contributed by atoms with Crippen molar-refractivity contribution in [3.05, 3.63) is 35.9 Å². The summed E-state index contributed by atoms with van der Waals surface area (Å²) in [6, 6.07) is 7.26. The Kier molecular flexibility index (Phi) is 6.29. The van der Waals surface area contributed by atoms with Crippen molar-refractivity contribution in [1.82, 2.24) is 10.2 Å². The molecule has 0 unspecified atom stereocenters. The van der Waals surface area contributed by atoms with Gasteiger partial charge in [-0.2, -0.15) is 0 Å². The lowest BCUT2D eigenvalue weighted by Gasteiger charge is -2.19. The normalized spacial score (nSPS) is 10.5. The first kappa shape index (κ1) is 15.8. The fourth-order valence-electron chi connectivity index (χ4n) is 1.73. The van der Waals surface area contributed by atoms with E-state index in [9.17, 15) is 9.59 Å². The molecule has 5 nitrogen and oxygen atoms in total. The van der Waals surface area contributed by atoms with Crippen LogP contribution in [0.5, 0.6) is 0 Å². The van der Waals surface area contributed by atoms with Crippen LogP contribution < -0.4 is 11.1 Å². The van der Waals surface area contributed by atoms with E-state index in [4.69, 9.17) is 5.73 Å². The lowest BCUT2D eigenvalue weighted by Crippen LogP contribution is -2.39. The predicted octanol–water partition coefficient (Wildman–Crippen LogP) is 1.27. The lowest BCUT2D eigenvalue weighted by molar-refractivity contribution is -0.132. The van der Waals surface area contributed by atoms with Crippen molar-refractivity contribution < 1.29 is 9.59 Å². The summed E-state index contributed by atoms with van der Waals surface area (Å²) in [6.45, 7) is 2.59. The third kappa shape index (κ3) is 5.14. The van der Waals surface area contributed by atoms with Crippen molar-refractivity contribution in [2.45, 2.75) is 13.3 Å². The van der Waals surface area contributed by atoms with Gasteiger partial charge in [0.15, 0.2) is 0 Å². The zero-order chi connectivity index (χ0) is 15.0. The van der Waals surface area contributed by atoms with E-state index in [-0.39, 0.29) is 18.4 Å². The molecule has 20 heavy (non-hydrogen) atoms. The van der Waals surface area contributed by atoms with Gasteiger partial charge in [-0.1, -0.05) is 19.1 Å². The SMILES string of the molecule is CCCN(CC(=O)NC)C(=O)/C=C/c1cccc(N)c1. The topological polar surface area (TPSA) is 75.4 Å². The first-order valence-electron chi connectivity index (χ1n) is 6.60. The Morgan fingerprint density at radius 1 is 1.40 bits per heavy atom. The number of nitrogens with one attached hydrogen (secondary N) is 1. The molecule has 1 aromatic carbocycles. The van der Waals surface area contributed by atoms with E-state index < -0.39 is 0 Å². The van der Waals surface area contributed by atoms with Gasteiger partial charge in [0.2, 0.25) is 11.8 Å². The lowest BCUT2D eigenvalue weighted by atomic mass is 10.2. The highest BCUT2D eigenvalue weighted by molar-refractivity contribution is 5.94. The van der Waals surface area contributed by atoms with Crippen LogP contribution in [0.25, 0.3) is 6.08 Å². The molecule has 3 N–H and O–H groups in total. The second-order valence-corrected chi connectivity index (χ2v) is 4.44. The molecule has 0 atom stereocenters. The zero-order valence-corrected chi connectivity index (χ0v) is 11.9. The zero-order valence-electron chi connectivity index (χ0n) is 11.9. The molecule has 0 heterocycles. The molecule has 0 aromatic heterocycles. The monoisotopic (exact) mass is 275 g/mol. The summed E-state index contributed by atoms with van der Waals surface area (Å²) in [4.78, 5) is 25.0. The van der Waals surface area contributed by atoms with E-state index in [0.717, 1.165) is 12.0 Å². The van der Waals surface area contributed by atoms with Crippen LogP contribution in [0.2, 0.25) is 0 Å². The van der Waals surface area contributed by atoms with Gasteiger partial charge in [0.25, 0.3) is 0 Å². The summed E-state index contributed by atoms with van der Waals surface area (Å²) in [5.74, 6) is -0.359. The van der Waals surface area contributed by atoms with E-state index in [1.54, 1.807) is 25.3 Å². The van der Waals surface area contributed by atoms with Gasteiger partial charge < -0.3 is 16.0 Å². The van der Waals surface area contributed by atoms with Crippen molar-refractivity contribution in [2.24, 2.45) is 0 Å². The molecule has 0 aliphatic carbocycles. The maximum absolute atomic E-state index is 12.1. The number of carbonyl (C=O) groups is 2. The van der Waals surface area contributed by atoms with Crippen LogP contribution in [0.1, 0.15) is 18.9 Å². The average molecular weight is 275 g/mol. The van der Waals surface area contributed by atoms with Crippen LogP contribution >= 0.6 is 0 Å². The fraction of sp³-hybridized carbons (Fsp3) is 0.333. The summed E-state index contributed by atoms with van der Waals surface area (Å²) in [7, 11) is 1.56. The third-order valence-corrected chi connectivity index (χ3v) is 2.75. The van der Waals surface area contributed by atoms with E-state index in [0.29, 0.717) is 12.2 Å². The first-order chi connectivity index (χ1) is 9.56. The molecule has 0 radical (unpaired) electrons. The minimum Gasteiger partial charge on any atom is -0.399 e. The van der Waals surface area contributed by atoms with Gasteiger partial charge in [0.05, 0.1) is 6.54 Å². The molecule has 0 bridgehead atoms. The number of anilines is 1. The molecule has 1 rings (SSSR count). The molecule has 108 valence electrons. The number of hydrogen-bond acceptors (Lipinski definition) is 3. The third-order valence-electron chi connectivity index (χ3n) is 2.75. The Morgan fingerprint density at radius 3 is 2.75 bits per heavy atom. The fourth-order valence-corrected chi connectivity index (χ4v) is 1.73. The molecule has 0 spiro atoms. The Hall–Kier alpha value is -2.30. The molecule has 0 fully saturated rings. The molecule has 1 aromatic rings. The molecular weight excluding hydrogens is 254 g/mol. The molecule has 0 saturated heterocycles.